The van der Waals surface area contributed by atoms with E-state index in [-0.39, 0.29) is 18.5 Å². The molecular formula is C15H20N6O2. The first kappa shape index (κ1) is 15.6. The number of carbonyl (C=O) groups excluding carboxylic acids is 1. The SMILES string of the molecule is O=C(Cn1cnnn1)NC(CN1CCOCC1)c1ccccc1. The van der Waals surface area contributed by atoms with E-state index < -0.39 is 0 Å². The topological polar surface area (TPSA) is 85.2 Å². The summed E-state index contributed by atoms with van der Waals surface area (Å²) in [4.78, 5) is 14.6. The second-order valence-corrected chi connectivity index (χ2v) is 5.45. The van der Waals surface area contributed by atoms with E-state index in [9.17, 15) is 4.79 Å². The zero-order valence-corrected chi connectivity index (χ0v) is 12.8. The van der Waals surface area contributed by atoms with Gasteiger partial charge in [0, 0.05) is 19.6 Å². The Balaban J connectivity index is 1.65. The summed E-state index contributed by atoms with van der Waals surface area (Å²) in [6.45, 7) is 4.10. The zero-order chi connectivity index (χ0) is 15.9. The molecule has 0 saturated carbocycles. The molecule has 2 heterocycles. The Kier molecular flexibility index (Phi) is 5.28. The molecule has 1 aromatic heterocycles. The number of nitrogens with zero attached hydrogens (tertiary/aromatic N) is 5. The standard InChI is InChI=1S/C15H20N6O2/c22-15(11-21-12-16-18-19-21)17-14(13-4-2-1-3-5-13)10-20-6-8-23-9-7-20/h1-5,12,14H,6-11H2,(H,17,22). The lowest BCUT2D eigenvalue weighted by Crippen LogP contribution is -2.43. The van der Waals surface area contributed by atoms with Crippen LogP contribution in [0.25, 0.3) is 0 Å². The maximum Gasteiger partial charge on any atom is 0.242 e. The molecule has 0 bridgehead atoms. The van der Waals surface area contributed by atoms with Gasteiger partial charge in [-0.25, -0.2) is 4.68 Å². The van der Waals surface area contributed by atoms with Crippen molar-refractivity contribution in [2.75, 3.05) is 32.8 Å². The predicted molar refractivity (Wildman–Crippen MR) is 82.4 cm³/mol. The molecule has 2 aromatic rings. The number of benzene rings is 1. The fraction of sp³-hybridized carbons (Fsp3) is 0.467. The van der Waals surface area contributed by atoms with Crippen molar-refractivity contribution < 1.29 is 9.53 Å². The lowest BCUT2D eigenvalue weighted by molar-refractivity contribution is -0.122. The van der Waals surface area contributed by atoms with E-state index >= 15 is 0 Å². The van der Waals surface area contributed by atoms with Crippen molar-refractivity contribution in [3.05, 3.63) is 42.2 Å². The van der Waals surface area contributed by atoms with Crippen molar-refractivity contribution in [2.45, 2.75) is 12.6 Å². The molecule has 1 unspecified atom stereocenters. The quantitative estimate of drug-likeness (QED) is 0.798. The van der Waals surface area contributed by atoms with E-state index in [0.717, 1.165) is 38.4 Å². The van der Waals surface area contributed by atoms with Crippen LogP contribution in [-0.4, -0.2) is 63.9 Å². The first-order chi connectivity index (χ1) is 11.3. The number of hydrogen-bond acceptors (Lipinski definition) is 6. The molecule has 8 heteroatoms. The highest BCUT2D eigenvalue weighted by Gasteiger charge is 2.20. The second kappa shape index (κ2) is 7.80. The van der Waals surface area contributed by atoms with Crippen molar-refractivity contribution in [3.8, 4) is 0 Å². The maximum atomic E-state index is 12.3. The van der Waals surface area contributed by atoms with Crippen molar-refractivity contribution in [3.63, 3.8) is 0 Å². The third kappa shape index (κ3) is 4.57. The molecule has 1 aliphatic heterocycles. The summed E-state index contributed by atoms with van der Waals surface area (Å²) < 4.78 is 6.79. The van der Waals surface area contributed by atoms with Gasteiger partial charge in [0.15, 0.2) is 0 Å². The summed E-state index contributed by atoms with van der Waals surface area (Å²) >= 11 is 0. The van der Waals surface area contributed by atoms with E-state index in [1.165, 1.54) is 11.0 Å². The molecule has 0 radical (unpaired) electrons. The van der Waals surface area contributed by atoms with Crippen LogP contribution < -0.4 is 5.32 Å². The van der Waals surface area contributed by atoms with Crippen LogP contribution in [-0.2, 0) is 16.1 Å². The minimum atomic E-state index is -0.112. The van der Waals surface area contributed by atoms with Crippen molar-refractivity contribution >= 4 is 5.91 Å². The third-order valence-corrected chi connectivity index (χ3v) is 3.78. The number of carbonyl (C=O) groups is 1. The van der Waals surface area contributed by atoms with Crippen LogP contribution in [0.1, 0.15) is 11.6 Å². The maximum absolute atomic E-state index is 12.3. The molecule has 1 saturated heterocycles. The van der Waals surface area contributed by atoms with Gasteiger partial charge >= 0.3 is 0 Å². The number of rotatable bonds is 6. The lowest BCUT2D eigenvalue weighted by Gasteiger charge is -2.31. The van der Waals surface area contributed by atoms with Gasteiger partial charge in [-0.2, -0.15) is 0 Å². The molecule has 1 aliphatic rings. The van der Waals surface area contributed by atoms with Crippen molar-refractivity contribution in [1.82, 2.24) is 30.4 Å². The van der Waals surface area contributed by atoms with Gasteiger partial charge in [0.1, 0.15) is 12.9 Å². The van der Waals surface area contributed by atoms with Gasteiger partial charge in [0.05, 0.1) is 19.3 Å². The lowest BCUT2D eigenvalue weighted by atomic mass is 10.1. The van der Waals surface area contributed by atoms with Crippen LogP contribution in [0.15, 0.2) is 36.7 Å². The minimum Gasteiger partial charge on any atom is -0.379 e. The Morgan fingerprint density at radius 1 is 1.26 bits per heavy atom. The van der Waals surface area contributed by atoms with E-state index in [4.69, 9.17) is 4.74 Å². The van der Waals surface area contributed by atoms with Gasteiger partial charge in [-0.3, -0.25) is 9.69 Å². The van der Waals surface area contributed by atoms with Crippen LogP contribution in [0.3, 0.4) is 0 Å². The summed E-state index contributed by atoms with van der Waals surface area (Å²) in [6.07, 6.45) is 1.43. The Morgan fingerprint density at radius 2 is 2.04 bits per heavy atom. The Labute approximate surface area is 134 Å². The largest absolute Gasteiger partial charge is 0.379 e. The molecule has 1 amide bonds. The number of hydrogen-bond donors (Lipinski definition) is 1. The van der Waals surface area contributed by atoms with Gasteiger partial charge in [-0.15, -0.1) is 5.10 Å². The van der Waals surface area contributed by atoms with Crippen LogP contribution in [0.5, 0.6) is 0 Å². The minimum absolute atomic E-state index is 0.0710. The monoisotopic (exact) mass is 316 g/mol. The first-order valence-corrected chi connectivity index (χ1v) is 7.66. The summed E-state index contributed by atoms with van der Waals surface area (Å²) in [7, 11) is 0. The molecule has 0 spiro atoms. The third-order valence-electron chi connectivity index (χ3n) is 3.78. The van der Waals surface area contributed by atoms with Crippen molar-refractivity contribution in [2.24, 2.45) is 0 Å². The Bertz CT molecular complexity index is 598. The average molecular weight is 316 g/mol. The molecule has 3 rings (SSSR count). The average Bonchev–Trinajstić information content (AvgIpc) is 3.09. The molecule has 1 fully saturated rings. The highest BCUT2D eigenvalue weighted by atomic mass is 16.5. The van der Waals surface area contributed by atoms with E-state index in [0.29, 0.717) is 0 Å². The molecular weight excluding hydrogens is 296 g/mol. The molecule has 1 N–H and O–H groups in total. The van der Waals surface area contributed by atoms with Gasteiger partial charge in [0.2, 0.25) is 5.91 Å². The number of ether oxygens (including phenoxy) is 1. The van der Waals surface area contributed by atoms with Gasteiger partial charge < -0.3 is 10.1 Å². The molecule has 0 aliphatic carbocycles. The Hall–Kier alpha value is -2.32. The summed E-state index contributed by atoms with van der Waals surface area (Å²) in [6, 6.07) is 9.92. The zero-order valence-electron chi connectivity index (χ0n) is 12.8. The normalized spacial score (nSPS) is 16.9. The fourth-order valence-corrected chi connectivity index (χ4v) is 2.60. The molecule has 1 atom stereocenters. The summed E-state index contributed by atoms with van der Waals surface area (Å²) in [5.74, 6) is -0.112. The highest BCUT2D eigenvalue weighted by Crippen LogP contribution is 2.15. The number of nitrogens with one attached hydrogen (secondary N) is 1. The number of morpholine rings is 1. The van der Waals surface area contributed by atoms with Crippen molar-refractivity contribution in [1.29, 1.82) is 0 Å². The smallest absolute Gasteiger partial charge is 0.242 e. The van der Waals surface area contributed by atoms with E-state index in [2.05, 4.69) is 25.7 Å². The molecule has 23 heavy (non-hydrogen) atoms. The van der Waals surface area contributed by atoms with E-state index in [1.54, 1.807) is 0 Å². The predicted octanol–water partition coefficient (Wildman–Crippen LogP) is -0.137. The van der Waals surface area contributed by atoms with Crippen LogP contribution in [0, 0.1) is 0 Å². The van der Waals surface area contributed by atoms with Crippen LogP contribution in [0.2, 0.25) is 0 Å². The summed E-state index contributed by atoms with van der Waals surface area (Å²) in [5.41, 5.74) is 1.09. The fourth-order valence-electron chi connectivity index (χ4n) is 2.60. The van der Waals surface area contributed by atoms with Gasteiger partial charge in [-0.1, -0.05) is 30.3 Å². The molecule has 122 valence electrons. The van der Waals surface area contributed by atoms with Gasteiger partial charge in [-0.05, 0) is 16.0 Å². The summed E-state index contributed by atoms with van der Waals surface area (Å²) in [5, 5.41) is 13.9. The highest BCUT2D eigenvalue weighted by molar-refractivity contribution is 5.76. The number of tetrazole rings is 1. The molecule has 1 aromatic carbocycles. The number of aromatic nitrogens is 4. The van der Waals surface area contributed by atoms with Gasteiger partial charge in [0.25, 0.3) is 0 Å². The first-order valence-electron chi connectivity index (χ1n) is 7.66. The van der Waals surface area contributed by atoms with E-state index in [1.807, 2.05) is 30.3 Å². The second-order valence-electron chi connectivity index (χ2n) is 5.45. The molecule has 8 nitrogen and oxygen atoms in total. The van der Waals surface area contributed by atoms with Crippen LogP contribution >= 0.6 is 0 Å². The Morgan fingerprint density at radius 3 is 2.74 bits per heavy atom. The van der Waals surface area contributed by atoms with Crippen LogP contribution in [0.4, 0.5) is 0 Å². The number of amides is 1.